The maximum absolute atomic E-state index is 11.2. The van der Waals surface area contributed by atoms with Gasteiger partial charge in [-0.3, -0.25) is 4.79 Å². The van der Waals surface area contributed by atoms with E-state index >= 15 is 0 Å². The van der Waals surface area contributed by atoms with E-state index in [0.29, 0.717) is 5.02 Å². The van der Waals surface area contributed by atoms with Crippen molar-refractivity contribution >= 4 is 23.2 Å². The van der Waals surface area contributed by atoms with Gasteiger partial charge in [-0.1, -0.05) is 31.0 Å². The average Bonchev–Trinajstić information content (AvgIpc) is 2.36. The van der Waals surface area contributed by atoms with Gasteiger partial charge in [0.2, 0.25) is 5.91 Å². The molecule has 1 aromatic rings. The number of nitrogens with zero attached hydrogens (tertiary/aromatic N) is 1. The third-order valence-corrected chi connectivity index (χ3v) is 3.12. The second-order valence-corrected chi connectivity index (χ2v) is 4.98. The summed E-state index contributed by atoms with van der Waals surface area (Å²) in [6, 6.07) is 5.74. The van der Waals surface area contributed by atoms with Crippen LogP contribution in [0.1, 0.15) is 25.3 Å². The van der Waals surface area contributed by atoms with Gasteiger partial charge in [-0.05, 0) is 31.2 Å². The Labute approximate surface area is 119 Å². The highest BCUT2D eigenvalue weighted by Gasteiger charge is 2.13. The molecular formula is C14H22ClN3O. The molecule has 4 nitrogen and oxygen atoms in total. The van der Waals surface area contributed by atoms with Crippen molar-refractivity contribution in [3.05, 3.63) is 28.8 Å². The summed E-state index contributed by atoms with van der Waals surface area (Å²) in [5, 5.41) is 3.79. The number of anilines is 1. The average molecular weight is 284 g/mol. The van der Waals surface area contributed by atoms with Crippen LogP contribution in [0.5, 0.6) is 0 Å². The lowest BCUT2D eigenvalue weighted by molar-refractivity contribution is -0.116. The number of halogens is 1. The number of amides is 1. The van der Waals surface area contributed by atoms with Gasteiger partial charge < -0.3 is 16.0 Å². The van der Waals surface area contributed by atoms with Crippen LogP contribution >= 0.6 is 11.6 Å². The summed E-state index contributed by atoms with van der Waals surface area (Å²) < 4.78 is 0. The molecule has 0 aliphatic heterocycles. The van der Waals surface area contributed by atoms with Crippen LogP contribution in [0.25, 0.3) is 0 Å². The van der Waals surface area contributed by atoms with Gasteiger partial charge in [-0.25, -0.2) is 0 Å². The Morgan fingerprint density at radius 1 is 1.47 bits per heavy atom. The van der Waals surface area contributed by atoms with Crippen LogP contribution in [0.2, 0.25) is 5.02 Å². The van der Waals surface area contributed by atoms with Gasteiger partial charge >= 0.3 is 0 Å². The summed E-state index contributed by atoms with van der Waals surface area (Å²) in [7, 11) is 1.89. The van der Waals surface area contributed by atoms with Crippen LogP contribution in [0, 0.1) is 0 Å². The van der Waals surface area contributed by atoms with E-state index in [1.807, 2.05) is 30.1 Å². The highest BCUT2D eigenvalue weighted by Crippen LogP contribution is 2.25. The van der Waals surface area contributed by atoms with Crippen molar-refractivity contribution in [2.45, 2.75) is 26.3 Å². The SMILES string of the molecule is CCCCN(CC(N)=O)c1cc(Cl)ccc1CNC. The first-order valence-corrected chi connectivity index (χ1v) is 6.92. The normalized spacial score (nSPS) is 10.5. The number of primary amides is 1. The van der Waals surface area contributed by atoms with Gasteiger partial charge in [0.05, 0.1) is 6.54 Å². The number of nitrogens with one attached hydrogen (secondary N) is 1. The number of carbonyl (C=O) groups is 1. The molecule has 0 aromatic heterocycles. The minimum Gasteiger partial charge on any atom is -0.368 e. The van der Waals surface area contributed by atoms with E-state index in [1.165, 1.54) is 0 Å². The van der Waals surface area contributed by atoms with Crippen molar-refractivity contribution in [1.29, 1.82) is 0 Å². The Bertz CT molecular complexity index is 423. The summed E-state index contributed by atoms with van der Waals surface area (Å²) in [5.41, 5.74) is 7.43. The molecule has 3 N–H and O–H groups in total. The number of carbonyl (C=O) groups excluding carboxylic acids is 1. The topological polar surface area (TPSA) is 58.4 Å². The lowest BCUT2D eigenvalue weighted by atomic mass is 10.1. The molecule has 0 bridgehead atoms. The molecule has 0 saturated heterocycles. The van der Waals surface area contributed by atoms with E-state index in [-0.39, 0.29) is 12.5 Å². The predicted octanol–water partition coefficient (Wildman–Crippen LogP) is 2.15. The van der Waals surface area contributed by atoms with Crippen LogP contribution in [-0.2, 0) is 11.3 Å². The van der Waals surface area contributed by atoms with Gasteiger partial charge in [-0.15, -0.1) is 0 Å². The van der Waals surface area contributed by atoms with Crippen molar-refractivity contribution < 1.29 is 4.79 Å². The molecule has 106 valence electrons. The zero-order valence-corrected chi connectivity index (χ0v) is 12.3. The molecule has 5 heteroatoms. The van der Waals surface area contributed by atoms with E-state index in [2.05, 4.69) is 12.2 Å². The van der Waals surface area contributed by atoms with Crippen molar-refractivity contribution in [1.82, 2.24) is 5.32 Å². The van der Waals surface area contributed by atoms with Crippen LogP contribution in [0.4, 0.5) is 5.69 Å². The number of rotatable bonds is 8. The van der Waals surface area contributed by atoms with Gasteiger partial charge in [0, 0.05) is 23.8 Å². The van der Waals surface area contributed by atoms with Gasteiger partial charge in [0.1, 0.15) is 0 Å². The molecule has 0 unspecified atom stereocenters. The smallest absolute Gasteiger partial charge is 0.236 e. The molecule has 0 atom stereocenters. The molecule has 1 rings (SSSR count). The van der Waals surface area contributed by atoms with Crippen molar-refractivity contribution in [3.63, 3.8) is 0 Å². The van der Waals surface area contributed by atoms with Crippen molar-refractivity contribution in [3.8, 4) is 0 Å². The minimum absolute atomic E-state index is 0.219. The Hall–Kier alpha value is -1.26. The molecular weight excluding hydrogens is 262 g/mol. The number of unbranched alkanes of at least 4 members (excludes halogenated alkanes) is 1. The summed E-state index contributed by atoms with van der Waals surface area (Å²) >= 11 is 6.07. The standard InChI is InChI=1S/C14H22ClN3O/c1-3-4-7-18(10-14(16)19)13-8-12(15)6-5-11(13)9-17-2/h5-6,8,17H,3-4,7,9-10H2,1-2H3,(H2,16,19). The first kappa shape index (κ1) is 15.8. The van der Waals surface area contributed by atoms with Crippen molar-refractivity contribution in [2.24, 2.45) is 5.73 Å². The van der Waals surface area contributed by atoms with Gasteiger partial charge in [-0.2, -0.15) is 0 Å². The lowest BCUT2D eigenvalue weighted by Crippen LogP contribution is -2.35. The third-order valence-electron chi connectivity index (χ3n) is 2.88. The van der Waals surface area contributed by atoms with Crippen molar-refractivity contribution in [2.75, 3.05) is 25.0 Å². The number of benzene rings is 1. The molecule has 19 heavy (non-hydrogen) atoms. The van der Waals surface area contributed by atoms with Crippen LogP contribution in [-0.4, -0.2) is 26.0 Å². The molecule has 0 spiro atoms. The molecule has 0 saturated carbocycles. The molecule has 1 amide bonds. The maximum Gasteiger partial charge on any atom is 0.236 e. The lowest BCUT2D eigenvalue weighted by Gasteiger charge is -2.26. The Morgan fingerprint density at radius 3 is 2.79 bits per heavy atom. The zero-order chi connectivity index (χ0) is 14.3. The van der Waals surface area contributed by atoms with Crippen LogP contribution in [0.15, 0.2) is 18.2 Å². The third kappa shape index (κ3) is 5.09. The van der Waals surface area contributed by atoms with E-state index in [1.54, 1.807) is 0 Å². The highest BCUT2D eigenvalue weighted by atomic mass is 35.5. The molecule has 0 heterocycles. The number of hydrogen-bond donors (Lipinski definition) is 2. The van der Waals surface area contributed by atoms with Gasteiger partial charge in [0.15, 0.2) is 0 Å². The minimum atomic E-state index is -0.327. The first-order chi connectivity index (χ1) is 9.08. The molecule has 0 fully saturated rings. The predicted molar refractivity (Wildman–Crippen MR) is 80.5 cm³/mol. The molecule has 1 aromatic carbocycles. The second-order valence-electron chi connectivity index (χ2n) is 4.54. The zero-order valence-electron chi connectivity index (χ0n) is 11.6. The fourth-order valence-electron chi connectivity index (χ4n) is 1.99. The Morgan fingerprint density at radius 2 is 2.21 bits per heavy atom. The van der Waals surface area contributed by atoms with Crippen LogP contribution < -0.4 is 16.0 Å². The summed E-state index contributed by atoms with van der Waals surface area (Å²) in [6.45, 7) is 3.87. The van der Waals surface area contributed by atoms with E-state index in [0.717, 1.165) is 37.2 Å². The molecule has 0 radical (unpaired) electrons. The monoisotopic (exact) mass is 283 g/mol. The fourth-order valence-corrected chi connectivity index (χ4v) is 2.16. The van der Waals surface area contributed by atoms with E-state index < -0.39 is 0 Å². The van der Waals surface area contributed by atoms with E-state index in [9.17, 15) is 4.79 Å². The molecule has 0 aliphatic rings. The summed E-state index contributed by atoms with van der Waals surface area (Å²) in [6.07, 6.45) is 2.08. The largest absolute Gasteiger partial charge is 0.368 e. The fraction of sp³-hybridized carbons (Fsp3) is 0.500. The van der Waals surface area contributed by atoms with Gasteiger partial charge in [0.25, 0.3) is 0 Å². The second kappa shape index (κ2) is 8.02. The number of hydrogen-bond acceptors (Lipinski definition) is 3. The maximum atomic E-state index is 11.2. The first-order valence-electron chi connectivity index (χ1n) is 6.54. The quantitative estimate of drug-likeness (QED) is 0.769. The molecule has 0 aliphatic carbocycles. The Kier molecular flexibility index (Phi) is 6.67. The number of nitrogens with two attached hydrogens (primary N) is 1. The Balaban J connectivity index is 3.03. The highest BCUT2D eigenvalue weighted by molar-refractivity contribution is 6.30. The van der Waals surface area contributed by atoms with E-state index in [4.69, 9.17) is 17.3 Å². The van der Waals surface area contributed by atoms with Crippen LogP contribution in [0.3, 0.4) is 0 Å². The summed E-state index contributed by atoms with van der Waals surface area (Å²) in [4.78, 5) is 13.2. The summed E-state index contributed by atoms with van der Waals surface area (Å²) in [5.74, 6) is -0.327.